The van der Waals surface area contributed by atoms with E-state index in [-0.39, 0.29) is 24.4 Å². The minimum Gasteiger partial charge on any atom is -0.467 e. The van der Waals surface area contributed by atoms with Gasteiger partial charge in [-0.05, 0) is 19.8 Å². The highest BCUT2D eigenvalue weighted by atomic mass is 16.5. The number of hydrogen-bond acceptors (Lipinski definition) is 6. The zero-order chi connectivity index (χ0) is 22.0. The summed E-state index contributed by atoms with van der Waals surface area (Å²) in [6, 6.07) is -1.42. The van der Waals surface area contributed by atoms with Crippen molar-refractivity contribution in [2.75, 3.05) is 7.11 Å². The van der Waals surface area contributed by atoms with E-state index in [9.17, 15) is 24.0 Å². The number of carbonyl (C=O) groups excluding carboxylic acids is 5. The summed E-state index contributed by atoms with van der Waals surface area (Å²) < 4.78 is 4.75. The number of hydrogen-bond donors (Lipinski definition) is 2. The standard InChI is InChI=1S/C21H34N2O6/c1-5-7-9-17(13(3)24)22-19(26)15-11-14(25)12-16(15)20(27)23-18(10-8-6-2)21(28)29-4/h15-18H,5-12H2,1-4H3,(H,22,26)(H,23,27)/t15-,16-,17-,18-/m0/s1. The van der Waals surface area contributed by atoms with Crippen molar-refractivity contribution >= 4 is 29.4 Å². The third-order valence-corrected chi connectivity index (χ3v) is 5.36. The van der Waals surface area contributed by atoms with E-state index < -0.39 is 41.7 Å². The molecule has 8 heteroatoms. The molecule has 29 heavy (non-hydrogen) atoms. The van der Waals surface area contributed by atoms with E-state index in [1.165, 1.54) is 14.0 Å². The van der Waals surface area contributed by atoms with Crippen molar-refractivity contribution < 1.29 is 28.7 Å². The largest absolute Gasteiger partial charge is 0.467 e. The van der Waals surface area contributed by atoms with E-state index in [1.807, 2.05) is 13.8 Å². The van der Waals surface area contributed by atoms with Crippen LogP contribution in [0.2, 0.25) is 0 Å². The van der Waals surface area contributed by atoms with E-state index in [0.29, 0.717) is 12.8 Å². The molecular weight excluding hydrogens is 376 g/mol. The van der Waals surface area contributed by atoms with Crippen LogP contribution in [0.5, 0.6) is 0 Å². The van der Waals surface area contributed by atoms with Gasteiger partial charge in [0.25, 0.3) is 0 Å². The minimum absolute atomic E-state index is 0.0415. The van der Waals surface area contributed by atoms with Crippen molar-refractivity contribution in [1.29, 1.82) is 0 Å². The molecule has 8 nitrogen and oxygen atoms in total. The smallest absolute Gasteiger partial charge is 0.328 e. The van der Waals surface area contributed by atoms with Crippen LogP contribution >= 0.6 is 0 Å². The highest BCUT2D eigenvalue weighted by Gasteiger charge is 2.43. The van der Waals surface area contributed by atoms with Crippen molar-refractivity contribution in [1.82, 2.24) is 10.6 Å². The number of rotatable bonds is 12. The summed E-state index contributed by atoms with van der Waals surface area (Å²) in [6.45, 7) is 5.38. The maximum absolute atomic E-state index is 12.8. The van der Waals surface area contributed by atoms with Gasteiger partial charge < -0.3 is 15.4 Å². The van der Waals surface area contributed by atoms with Crippen molar-refractivity contribution in [2.45, 2.75) is 84.2 Å². The maximum atomic E-state index is 12.8. The first kappa shape index (κ1) is 24.8. The number of nitrogens with one attached hydrogen (secondary N) is 2. The summed E-state index contributed by atoms with van der Waals surface area (Å²) in [5.41, 5.74) is 0. The Bertz CT molecular complexity index is 618. The van der Waals surface area contributed by atoms with Crippen LogP contribution in [0.15, 0.2) is 0 Å². The zero-order valence-corrected chi connectivity index (χ0v) is 17.9. The SMILES string of the molecule is CCCC[C@H](NC(=O)[C@H]1CC(=O)C[C@@H]1C(=O)N[C@@H](CCCC)C(=O)OC)C(C)=O. The van der Waals surface area contributed by atoms with Crippen molar-refractivity contribution in [3.63, 3.8) is 0 Å². The van der Waals surface area contributed by atoms with E-state index in [1.54, 1.807) is 0 Å². The first-order valence-electron chi connectivity index (χ1n) is 10.5. The Morgan fingerprint density at radius 1 is 0.931 bits per heavy atom. The molecule has 1 fully saturated rings. The molecule has 4 atom stereocenters. The third-order valence-electron chi connectivity index (χ3n) is 5.36. The van der Waals surface area contributed by atoms with Gasteiger partial charge in [-0.25, -0.2) is 4.79 Å². The lowest BCUT2D eigenvalue weighted by Gasteiger charge is -2.23. The predicted molar refractivity (Wildman–Crippen MR) is 107 cm³/mol. The summed E-state index contributed by atoms with van der Waals surface area (Å²) in [4.78, 5) is 61.3. The molecule has 0 aromatic carbocycles. The van der Waals surface area contributed by atoms with Crippen LogP contribution in [-0.4, -0.2) is 48.5 Å². The van der Waals surface area contributed by atoms with Crippen LogP contribution in [0.25, 0.3) is 0 Å². The molecule has 164 valence electrons. The zero-order valence-electron chi connectivity index (χ0n) is 17.9. The summed E-state index contributed by atoms with van der Waals surface area (Å²) in [5, 5.41) is 5.36. The number of methoxy groups -OCH3 is 1. The topological polar surface area (TPSA) is 119 Å². The lowest BCUT2D eigenvalue weighted by Crippen LogP contribution is -2.48. The summed E-state index contributed by atoms with van der Waals surface area (Å²) in [6.07, 6.45) is 4.11. The molecule has 1 aliphatic carbocycles. The van der Waals surface area contributed by atoms with Gasteiger partial charge in [0.05, 0.1) is 25.0 Å². The molecule has 1 rings (SSSR count). The molecule has 0 unspecified atom stereocenters. The van der Waals surface area contributed by atoms with Crippen LogP contribution in [0, 0.1) is 11.8 Å². The molecule has 0 aromatic rings. The Morgan fingerprint density at radius 3 is 1.79 bits per heavy atom. The number of carbonyl (C=O) groups is 5. The van der Waals surface area contributed by atoms with Crippen LogP contribution in [0.1, 0.15) is 72.1 Å². The summed E-state index contributed by atoms with van der Waals surface area (Å²) >= 11 is 0. The Balaban J connectivity index is 2.85. The molecule has 0 aliphatic heterocycles. The second-order valence-electron chi connectivity index (χ2n) is 7.70. The lowest BCUT2D eigenvalue weighted by molar-refractivity contribution is -0.146. The van der Waals surface area contributed by atoms with Crippen LogP contribution in [0.3, 0.4) is 0 Å². The first-order valence-corrected chi connectivity index (χ1v) is 10.5. The van der Waals surface area contributed by atoms with Gasteiger partial charge in [-0.3, -0.25) is 19.2 Å². The van der Waals surface area contributed by atoms with Gasteiger partial charge in [-0.2, -0.15) is 0 Å². The molecule has 2 amide bonds. The van der Waals surface area contributed by atoms with Gasteiger partial charge in [-0.1, -0.05) is 39.5 Å². The normalized spacial score (nSPS) is 20.6. The van der Waals surface area contributed by atoms with E-state index in [0.717, 1.165) is 25.7 Å². The Labute approximate surface area is 172 Å². The Kier molecular flexibility index (Phi) is 10.5. The molecule has 1 saturated carbocycles. The van der Waals surface area contributed by atoms with E-state index in [4.69, 9.17) is 4.74 Å². The maximum Gasteiger partial charge on any atom is 0.328 e. The average molecular weight is 411 g/mol. The third kappa shape index (κ3) is 7.59. The first-order chi connectivity index (χ1) is 13.7. The number of amides is 2. The van der Waals surface area contributed by atoms with Gasteiger partial charge >= 0.3 is 5.97 Å². The van der Waals surface area contributed by atoms with Crippen LogP contribution in [0.4, 0.5) is 0 Å². The quantitative estimate of drug-likeness (QED) is 0.473. The number of unbranched alkanes of at least 4 members (excludes halogenated alkanes) is 2. The fraction of sp³-hybridized carbons (Fsp3) is 0.762. The van der Waals surface area contributed by atoms with Gasteiger partial charge in [-0.15, -0.1) is 0 Å². The molecule has 0 radical (unpaired) electrons. The van der Waals surface area contributed by atoms with E-state index >= 15 is 0 Å². The van der Waals surface area contributed by atoms with Crippen molar-refractivity contribution in [3.05, 3.63) is 0 Å². The number of esters is 1. The molecule has 0 spiro atoms. The molecule has 2 N–H and O–H groups in total. The highest BCUT2D eigenvalue weighted by molar-refractivity contribution is 6.00. The average Bonchev–Trinajstić information content (AvgIpc) is 3.09. The van der Waals surface area contributed by atoms with Crippen molar-refractivity contribution in [3.8, 4) is 0 Å². The number of ether oxygens (including phenoxy) is 1. The van der Waals surface area contributed by atoms with Crippen LogP contribution in [-0.2, 0) is 28.7 Å². The minimum atomic E-state index is -0.852. The Morgan fingerprint density at radius 2 is 1.38 bits per heavy atom. The predicted octanol–water partition coefficient (Wildman–Crippen LogP) is 1.69. The molecule has 1 aliphatic rings. The van der Waals surface area contributed by atoms with Gasteiger partial charge in [0, 0.05) is 12.8 Å². The van der Waals surface area contributed by atoms with Crippen LogP contribution < -0.4 is 10.6 Å². The van der Waals surface area contributed by atoms with Gasteiger partial charge in [0.2, 0.25) is 11.8 Å². The monoisotopic (exact) mass is 410 g/mol. The number of Topliss-reactive ketones (excluding diaryl/α,β-unsaturated/α-hetero) is 2. The highest BCUT2D eigenvalue weighted by Crippen LogP contribution is 2.30. The number of ketones is 2. The fourth-order valence-corrected chi connectivity index (χ4v) is 3.55. The molecule has 0 aromatic heterocycles. The molecule has 0 heterocycles. The van der Waals surface area contributed by atoms with Crippen molar-refractivity contribution in [2.24, 2.45) is 11.8 Å². The second kappa shape index (κ2) is 12.3. The molecule has 0 saturated heterocycles. The fourth-order valence-electron chi connectivity index (χ4n) is 3.55. The summed E-state index contributed by atoms with van der Waals surface area (Å²) in [7, 11) is 1.25. The molecule has 0 bridgehead atoms. The van der Waals surface area contributed by atoms with E-state index in [2.05, 4.69) is 10.6 Å². The van der Waals surface area contributed by atoms with Gasteiger partial charge in [0.15, 0.2) is 5.78 Å². The second-order valence-corrected chi connectivity index (χ2v) is 7.70. The lowest BCUT2D eigenvalue weighted by atomic mass is 9.93. The van der Waals surface area contributed by atoms with Gasteiger partial charge in [0.1, 0.15) is 11.8 Å². The summed E-state index contributed by atoms with van der Waals surface area (Å²) in [5.74, 6) is -3.53. The Hall–Kier alpha value is -2.25. The molecular formula is C21H34N2O6.